The van der Waals surface area contributed by atoms with Crippen molar-refractivity contribution in [2.24, 2.45) is 0 Å². The van der Waals surface area contributed by atoms with Crippen LogP contribution < -0.4 is 10.1 Å². The number of hydrogen-bond acceptors (Lipinski definition) is 5. The van der Waals surface area contributed by atoms with Crippen molar-refractivity contribution in [1.29, 1.82) is 0 Å². The van der Waals surface area contributed by atoms with E-state index in [4.69, 9.17) is 9.47 Å². The van der Waals surface area contributed by atoms with Crippen molar-refractivity contribution in [3.8, 4) is 16.9 Å². The summed E-state index contributed by atoms with van der Waals surface area (Å²) in [6, 6.07) is 26.5. The maximum Gasteiger partial charge on any atom is 0.305 e. The van der Waals surface area contributed by atoms with Gasteiger partial charge in [-0.15, -0.1) is 12.4 Å². The van der Waals surface area contributed by atoms with Crippen molar-refractivity contribution < 1.29 is 19.1 Å². The van der Waals surface area contributed by atoms with Crippen LogP contribution in [0.2, 0.25) is 0 Å². The van der Waals surface area contributed by atoms with Gasteiger partial charge in [0, 0.05) is 19.5 Å². The van der Waals surface area contributed by atoms with E-state index in [0.717, 1.165) is 55.6 Å². The third-order valence-electron chi connectivity index (χ3n) is 6.55. The summed E-state index contributed by atoms with van der Waals surface area (Å²) in [5.74, 6) is 0.707. The molecule has 0 saturated heterocycles. The molecule has 0 spiro atoms. The van der Waals surface area contributed by atoms with E-state index in [1.807, 2.05) is 49.4 Å². The van der Waals surface area contributed by atoms with Gasteiger partial charge in [0.1, 0.15) is 12.4 Å². The van der Waals surface area contributed by atoms with Crippen LogP contribution in [-0.4, -0.2) is 50.1 Å². The summed E-state index contributed by atoms with van der Waals surface area (Å²) >= 11 is 0. The third-order valence-corrected chi connectivity index (χ3v) is 6.55. The van der Waals surface area contributed by atoms with Crippen LogP contribution in [-0.2, 0) is 27.4 Å². The predicted molar refractivity (Wildman–Crippen MR) is 164 cm³/mol. The molecule has 3 rings (SSSR count). The molecule has 0 radical (unpaired) electrons. The number of ether oxygens (including phenoxy) is 2. The summed E-state index contributed by atoms with van der Waals surface area (Å²) in [4.78, 5) is 25.9. The highest BCUT2D eigenvalue weighted by Gasteiger charge is 2.06. The molecule has 1 N–H and O–H groups in total. The highest BCUT2D eigenvalue weighted by Crippen LogP contribution is 2.20. The number of rotatable bonds is 17. The second kappa shape index (κ2) is 18.9. The zero-order valence-electron chi connectivity index (χ0n) is 23.8. The molecule has 7 heteroatoms. The fraction of sp³-hybridized carbons (Fsp3) is 0.394. The number of nitrogens with zero attached hydrogens (tertiary/aromatic N) is 1. The Labute approximate surface area is 245 Å². The van der Waals surface area contributed by atoms with Crippen molar-refractivity contribution in [3.63, 3.8) is 0 Å². The molecular formula is C33H43ClN2O4. The van der Waals surface area contributed by atoms with Crippen molar-refractivity contribution in [1.82, 2.24) is 10.2 Å². The van der Waals surface area contributed by atoms with Crippen molar-refractivity contribution >= 4 is 24.3 Å². The molecule has 0 aliphatic rings. The SMILES string of the molecule is CCOC(=O)CCCCCCN(C)CCNC(=O)Cc1ccc(OCc2ccc(-c3ccccc3)cc2)cc1.Cl. The lowest BCUT2D eigenvalue weighted by Crippen LogP contribution is -2.34. The molecule has 0 aliphatic heterocycles. The Morgan fingerprint density at radius 1 is 0.775 bits per heavy atom. The lowest BCUT2D eigenvalue weighted by molar-refractivity contribution is -0.143. The number of likely N-dealkylation sites (N-methyl/N-ethyl adjacent to an activating group) is 1. The average Bonchev–Trinajstić information content (AvgIpc) is 2.95. The maximum atomic E-state index is 12.4. The number of carbonyl (C=O) groups excluding carboxylic acids is 2. The van der Waals surface area contributed by atoms with Crippen LogP contribution >= 0.6 is 12.4 Å². The quantitative estimate of drug-likeness (QED) is 0.150. The van der Waals surface area contributed by atoms with Crippen LogP contribution in [0.25, 0.3) is 11.1 Å². The fourth-order valence-electron chi connectivity index (χ4n) is 4.28. The first-order valence-corrected chi connectivity index (χ1v) is 14.0. The third kappa shape index (κ3) is 12.7. The molecule has 0 heterocycles. The van der Waals surface area contributed by atoms with E-state index >= 15 is 0 Å². The number of amides is 1. The summed E-state index contributed by atoms with van der Waals surface area (Å²) < 4.78 is 10.9. The minimum Gasteiger partial charge on any atom is -0.489 e. The molecule has 6 nitrogen and oxygen atoms in total. The van der Waals surface area contributed by atoms with Crippen molar-refractivity contribution in [3.05, 3.63) is 90.0 Å². The Balaban J connectivity index is 0.00000560. The predicted octanol–water partition coefficient (Wildman–Crippen LogP) is 6.46. The van der Waals surface area contributed by atoms with Gasteiger partial charge in [0.05, 0.1) is 13.0 Å². The lowest BCUT2D eigenvalue weighted by atomic mass is 10.0. The molecule has 1 amide bonds. The van der Waals surface area contributed by atoms with Crippen LogP contribution in [0.3, 0.4) is 0 Å². The minimum absolute atomic E-state index is 0. The maximum absolute atomic E-state index is 12.4. The van der Waals surface area contributed by atoms with Gasteiger partial charge in [0.25, 0.3) is 0 Å². The highest BCUT2D eigenvalue weighted by molar-refractivity contribution is 5.85. The van der Waals surface area contributed by atoms with Gasteiger partial charge in [-0.2, -0.15) is 0 Å². The Morgan fingerprint density at radius 3 is 2.12 bits per heavy atom. The first kappa shape index (κ1) is 32.9. The number of esters is 1. The molecule has 0 fully saturated rings. The summed E-state index contributed by atoms with van der Waals surface area (Å²) in [7, 11) is 2.07. The first-order chi connectivity index (χ1) is 19.0. The fourth-order valence-corrected chi connectivity index (χ4v) is 4.28. The van der Waals surface area contributed by atoms with Crippen molar-refractivity contribution in [2.45, 2.75) is 52.1 Å². The van der Waals surface area contributed by atoms with E-state index < -0.39 is 0 Å². The highest BCUT2D eigenvalue weighted by atomic mass is 35.5. The van der Waals surface area contributed by atoms with Gasteiger partial charge in [-0.3, -0.25) is 9.59 Å². The van der Waals surface area contributed by atoms with E-state index in [-0.39, 0.29) is 24.3 Å². The van der Waals surface area contributed by atoms with E-state index in [0.29, 0.717) is 32.6 Å². The second-order valence-electron chi connectivity index (χ2n) is 9.79. The molecule has 0 saturated carbocycles. The van der Waals surface area contributed by atoms with Gasteiger partial charge in [-0.05, 0) is 67.7 Å². The van der Waals surface area contributed by atoms with Gasteiger partial charge < -0.3 is 19.7 Å². The average molecular weight is 567 g/mol. The summed E-state index contributed by atoms with van der Waals surface area (Å²) in [5, 5.41) is 3.01. The van der Waals surface area contributed by atoms with Gasteiger partial charge in [0.2, 0.25) is 5.91 Å². The number of benzene rings is 3. The number of halogens is 1. The molecule has 40 heavy (non-hydrogen) atoms. The van der Waals surface area contributed by atoms with E-state index in [1.165, 1.54) is 11.1 Å². The summed E-state index contributed by atoms with van der Waals surface area (Å²) in [5.41, 5.74) is 4.46. The van der Waals surface area contributed by atoms with Gasteiger partial charge in [-0.1, -0.05) is 79.6 Å². The van der Waals surface area contributed by atoms with Crippen LogP contribution in [0.5, 0.6) is 5.75 Å². The monoisotopic (exact) mass is 566 g/mol. The Kier molecular flexibility index (Phi) is 15.5. The topological polar surface area (TPSA) is 67.9 Å². The molecular weight excluding hydrogens is 524 g/mol. The number of unbranched alkanes of at least 4 members (excludes halogenated alkanes) is 3. The standard InChI is InChI=1S/C33H42N2O4.ClH/c1-3-38-33(37)13-9-4-5-10-23-35(2)24-22-34-32(36)25-27-16-20-31(21-17-27)39-26-28-14-18-30(19-15-28)29-11-7-6-8-12-29;/h6-8,11-12,14-21H,3-5,9-10,13,22-26H2,1-2H3,(H,34,36);1H. The minimum atomic E-state index is -0.101. The molecule has 0 bridgehead atoms. The van der Waals surface area contributed by atoms with E-state index in [1.54, 1.807) is 0 Å². The van der Waals surface area contributed by atoms with Crippen LogP contribution in [0, 0.1) is 0 Å². The smallest absolute Gasteiger partial charge is 0.305 e. The Bertz CT molecular complexity index is 1120. The second-order valence-corrected chi connectivity index (χ2v) is 9.79. The van der Waals surface area contributed by atoms with Gasteiger partial charge in [0.15, 0.2) is 0 Å². The Morgan fingerprint density at radius 2 is 1.43 bits per heavy atom. The first-order valence-electron chi connectivity index (χ1n) is 14.0. The number of nitrogens with one attached hydrogen (secondary N) is 1. The van der Waals surface area contributed by atoms with Crippen LogP contribution in [0.4, 0.5) is 0 Å². The molecule has 216 valence electrons. The lowest BCUT2D eigenvalue weighted by Gasteiger charge is -2.16. The number of hydrogen-bond donors (Lipinski definition) is 1. The van der Waals surface area contributed by atoms with Gasteiger partial charge >= 0.3 is 5.97 Å². The molecule has 3 aromatic rings. The molecule has 0 aromatic heterocycles. The normalized spacial score (nSPS) is 10.6. The van der Waals surface area contributed by atoms with E-state index in [2.05, 4.69) is 53.7 Å². The molecule has 0 aliphatic carbocycles. The summed E-state index contributed by atoms with van der Waals surface area (Å²) in [6.45, 7) is 5.20. The molecule has 0 atom stereocenters. The zero-order chi connectivity index (χ0) is 27.7. The number of carbonyl (C=O) groups is 2. The summed E-state index contributed by atoms with van der Waals surface area (Å²) in [6.07, 6.45) is 4.96. The van der Waals surface area contributed by atoms with Gasteiger partial charge in [-0.25, -0.2) is 0 Å². The molecule has 0 unspecified atom stereocenters. The van der Waals surface area contributed by atoms with Crippen LogP contribution in [0.1, 0.15) is 50.2 Å². The Hall–Kier alpha value is -3.35. The van der Waals surface area contributed by atoms with E-state index in [9.17, 15) is 9.59 Å². The zero-order valence-corrected chi connectivity index (χ0v) is 24.6. The van der Waals surface area contributed by atoms with Crippen molar-refractivity contribution in [2.75, 3.05) is 33.3 Å². The van der Waals surface area contributed by atoms with Crippen LogP contribution in [0.15, 0.2) is 78.9 Å². The molecule has 3 aromatic carbocycles. The largest absolute Gasteiger partial charge is 0.489 e.